The molecular formula is C14H25N3O3. The maximum atomic E-state index is 11.9. The summed E-state index contributed by atoms with van der Waals surface area (Å²) in [6.07, 6.45) is 2.78. The standard InChI is InChI=1S/C14H25N3O3/c1-2-20-12-7-11(8-12)9-13(18)16-10-14(19)17-5-3-15-4-6-17/h11-12,15H,2-10H2,1H3,(H,16,18). The van der Waals surface area contributed by atoms with Crippen LogP contribution in [0.15, 0.2) is 0 Å². The summed E-state index contributed by atoms with van der Waals surface area (Å²) in [5, 5.41) is 5.93. The molecule has 1 saturated carbocycles. The zero-order valence-electron chi connectivity index (χ0n) is 12.2. The van der Waals surface area contributed by atoms with E-state index in [2.05, 4.69) is 10.6 Å². The third-order valence-corrected chi connectivity index (χ3v) is 3.98. The van der Waals surface area contributed by atoms with Crippen molar-refractivity contribution in [3.05, 3.63) is 0 Å². The normalized spacial score (nSPS) is 25.9. The SMILES string of the molecule is CCOC1CC(CC(=O)NCC(=O)N2CCNCC2)C1. The number of ether oxygens (including phenoxy) is 1. The van der Waals surface area contributed by atoms with E-state index in [0.29, 0.717) is 18.4 Å². The van der Waals surface area contributed by atoms with Gasteiger partial charge in [-0.25, -0.2) is 0 Å². The molecule has 2 amide bonds. The predicted octanol–water partition coefficient (Wildman–Crippen LogP) is -0.260. The molecule has 1 saturated heterocycles. The van der Waals surface area contributed by atoms with Gasteiger partial charge in [0.25, 0.3) is 0 Å². The molecule has 20 heavy (non-hydrogen) atoms. The van der Waals surface area contributed by atoms with E-state index in [1.165, 1.54) is 0 Å². The lowest BCUT2D eigenvalue weighted by atomic mass is 9.80. The number of carbonyl (C=O) groups is 2. The Hall–Kier alpha value is -1.14. The molecule has 6 heteroatoms. The van der Waals surface area contributed by atoms with Crippen LogP contribution >= 0.6 is 0 Å². The van der Waals surface area contributed by atoms with Gasteiger partial charge in [-0.05, 0) is 25.7 Å². The van der Waals surface area contributed by atoms with Crippen molar-refractivity contribution in [2.24, 2.45) is 5.92 Å². The van der Waals surface area contributed by atoms with Crippen molar-refractivity contribution < 1.29 is 14.3 Å². The van der Waals surface area contributed by atoms with Crippen molar-refractivity contribution in [3.8, 4) is 0 Å². The van der Waals surface area contributed by atoms with Crippen molar-refractivity contribution in [2.75, 3.05) is 39.3 Å². The predicted molar refractivity (Wildman–Crippen MR) is 75.2 cm³/mol. The Morgan fingerprint density at radius 1 is 1.30 bits per heavy atom. The molecule has 0 spiro atoms. The van der Waals surface area contributed by atoms with Crippen LogP contribution in [0.2, 0.25) is 0 Å². The first kappa shape index (κ1) is 15.3. The lowest BCUT2D eigenvalue weighted by Gasteiger charge is -2.34. The first-order valence-corrected chi connectivity index (χ1v) is 7.55. The second-order valence-corrected chi connectivity index (χ2v) is 5.53. The van der Waals surface area contributed by atoms with Gasteiger partial charge in [-0.1, -0.05) is 0 Å². The summed E-state index contributed by atoms with van der Waals surface area (Å²) >= 11 is 0. The average Bonchev–Trinajstić information content (AvgIpc) is 2.43. The molecule has 2 rings (SSSR count). The molecule has 0 unspecified atom stereocenters. The molecule has 1 aliphatic carbocycles. The summed E-state index contributed by atoms with van der Waals surface area (Å²) in [5.74, 6) is 0.412. The van der Waals surface area contributed by atoms with E-state index in [0.717, 1.165) is 45.6 Å². The molecule has 2 N–H and O–H groups in total. The maximum absolute atomic E-state index is 11.9. The summed E-state index contributed by atoms with van der Waals surface area (Å²) in [4.78, 5) is 25.4. The smallest absolute Gasteiger partial charge is 0.242 e. The topological polar surface area (TPSA) is 70.7 Å². The number of piperazine rings is 1. The van der Waals surface area contributed by atoms with E-state index >= 15 is 0 Å². The lowest BCUT2D eigenvalue weighted by molar-refractivity contribution is -0.134. The minimum absolute atomic E-state index is 0.0145. The molecule has 1 heterocycles. The largest absolute Gasteiger partial charge is 0.378 e. The first-order chi connectivity index (χ1) is 9.69. The Kier molecular flexibility index (Phi) is 5.79. The summed E-state index contributed by atoms with van der Waals surface area (Å²) in [6, 6.07) is 0. The highest BCUT2D eigenvalue weighted by Crippen LogP contribution is 2.32. The van der Waals surface area contributed by atoms with Gasteiger partial charge in [0.2, 0.25) is 11.8 Å². The van der Waals surface area contributed by atoms with Crippen molar-refractivity contribution in [3.63, 3.8) is 0 Å². The molecule has 0 atom stereocenters. The second-order valence-electron chi connectivity index (χ2n) is 5.53. The van der Waals surface area contributed by atoms with Crippen LogP contribution in [0.4, 0.5) is 0 Å². The van der Waals surface area contributed by atoms with E-state index in [9.17, 15) is 9.59 Å². The number of amides is 2. The highest BCUT2D eigenvalue weighted by molar-refractivity contribution is 5.84. The zero-order chi connectivity index (χ0) is 14.4. The van der Waals surface area contributed by atoms with E-state index in [4.69, 9.17) is 4.74 Å². The lowest BCUT2D eigenvalue weighted by Crippen LogP contribution is -2.49. The molecule has 0 bridgehead atoms. The van der Waals surface area contributed by atoms with Gasteiger partial charge in [0.1, 0.15) is 0 Å². The third kappa shape index (κ3) is 4.45. The van der Waals surface area contributed by atoms with Crippen LogP contribution in [0, 0.1) is 5.92 Å². The van der Waals surface area contributed by atoms with Gasteiger partial charge in [0.15, 0.2) is 0 Å². The number of rotatable bonds is 6. The Balaban J connectivity index is 1.57. The fraction of sp³-hybridized carbons (Fsp3) is 0.857. The highest BCUT2D eigenvalue weighted by Gasteiger charge is 2.31. The number of hydrogen-bond donors (Lipinski definition) is 2. The number of nitrogens with zero attached hydrogens (tertiary/aromatic N) is 1. The van der Waals surface area contributed by atoms with Gasteiger partial charge in [-0.15, -0.1) is 0 Å². The van der Waals surface area contributed by atoms with Crippen LogP contribution in [-0.2, 0) is 14.3 Å². The van der Waals surface area contributed by atoms with E-state index in [1.807, 2.05) is 6.92 Å². The molecular weight excluding hydrogens is 258 g/mol. The van der Waals surface area contributed by atoms with Gasteiger partial charge in [0.05, 0.1) is 12.6 Å². The first-order valence-electron chi connectivity index (χ1n) is 7.55. The summed E-state index contributed by atoms with van der Waals surface area (Å²) in [6.45, 7) is 5.98. The molecule has 0 aromatic heterocycles. The monoisotopic (exact) mass is 283 g/mol. The second kappa shape index (κ2) is 7.59. The third-order valence-electron chi connectivity index (χ3n) is 3.98. The molecule has 6 nitrogen and oxygen atoms in total. The van der Waals surface area contributed by atoms with Crippen LogP contribution in [0.25, 0.3) is 0 Å². The summed E-state index contributed by atoms with van der Waals surface area (Å²) in [5.41, 5.74) is 0. The molecule has 0 aromatic carbocycles. The van der Waals surface area contributed by atoms with Crippen LogP contribution in [0.3, 0.4) is 0 Å². The van der Waals surface area contributed by atoms with Gasteiger partial charge in [-0.3, -0.25) is 9.59 Å². The highest BCUT2D eigenvalue weighted by atomic mass is 16.5. The number of hydrogen-bond acceptors (Lipinski definition) is 4. The molecule has 2 aliphatic rings. The fourth-order valence-electron chi connectivity index (χ4n) is 2.75. The van der Waals surface area contributed by atoms with E-state index in [1.54, 1.807) is 4.90 Å². The molecule has 0 radical (unpaired) electrons. The number of nitrogens with one attached hydrogen (secondary N) is 2. The minimum Gasteiger partial charge on any atom is -0.378 e. The van der Waals surface area contributed by atoms with Crippen LogP contribution in [-0.4, -0.2) is 62.1 Å². The van der Waals surface area contributed by atoms with Crippen molar-refractivity contribution in [1.29, 1.82) is 0 Å². The molecule has 114 valence electrons. The van der Waals surface area contributed by atoms with Gasteiger partial charge in [-0.2, -0.15) is 0 Å². The van der Waals surface area contributed by atoms with Crippen molar-refractivity contribution in [1.82, 2.24) is 15.5 Å². The zero-order valence-corrected chi connectivity index (χ0v) is 12.2. The minimum atomic E-state index is -0.0200. The van der Waals surface area contributed by atoms with Crippen LogP contribution in [0.5, 0.6) is 0 Å². The summed E-state index contributed by atoms with van der Waals surface area (Å²) < 4.78 is 5.47. The molecule has 0 aromatic rings. The average molecular weight is 283 g/mol. The van der Waals surface area contributed by atoms with Crippen LogP contribution in [0.1, 0.15) is 26.2 Å². The van der Waals surface area contributed by atoms with E-state index < -0.39 is 0 Å². The Labute approximate surface area is 120 Å². The van der Waals surface area contributed by atoms with Crippen molar-refractivity contribution >= 4 is 11.8 Å². The van der Waals surface area contributed by atoms with Crippen LogP contribution < -0.4 is 10.6 Å². The Bertz CT molecular complexity index is 337. The van der Waals surface area contributed by atoms with Crippen molar-refractivity contribution in [2.45, 2.75) is 32.3 Å². The molecule has 2 fully saturated rings. The summed E-state index contributed by atoms with van der Waals surface area (Å²) in [7, 11) is 0. The van der Waals surface area contributed by atoms with Gasteiger partial charge < -0.3 is 20.3 Å². The quantitative estimate of drug-likeness (QED) is 0.704. The molecule has 1 aliphatic heterocycles. The Morgan fingerprint density at radius 3 is 2.65 bits per heavy atom. The van der Waals surface area contributed by atoms with Gasteiger partial charge >= 0.3 is 0 Å². The number of carbonyl (C=O) groups excluding carboxylic acids is 2. The maximum Gasteiger partial charge on any atom is 0.242 e. The Morgan fingerprint density at radius 2 is 2.00 bits per heavy atom. The fourth-order valence-corrected chi connectivity index (χ4v) is 2.75. The van der Waals surface area contributed by atoms with E-state index in [-0.39, 0.29) is 18.4 Å². The van der Waals surface area contributed by atoms with Gasteiger partial charge in [0, 0.05) is 39.2 Å².